The standard InChI is InChI=1S/C30H60O4/c1-3-5-7-8-9-10-11-12-13-14-15-16-17-18-19-20-21-22-23-24-26-33-28-29(27-31)34-30(32)25-6-4-2/h29,31H,3-28H2,1-2H3. The van der Waals surface area contributed by atoms with Gasteiger partial charge < -0.3 is 14.6 Å². The van der Waals surface area contributed by atoms with Crippen molar-refractivity contribution in [3.05, 3.63) is 0 Å². The molecule has 0 aliphatic heterocycles. The number of unbranched alkanes of at least 4 members (excludes halogenated alkanes) is 20. The molecule has 204 valence electrons. The van der Waals surface area contributed by atoms with Crippen LogP contribution in [0.15, 0.2) is 0 Å². The van der Waals surface area contributed by atoms with Crippen molar-refractivity contribution >= 4 is 5.97 Å². The van der Waals surface area contributed by atoms with Crippen molar-refractivity contribution in [2.45, 2.75) is 168 Å². The molecular weight excluding hydrogens is 424 g/mol. The van der Waals surface area contributed by atoms with Crippen molar-refractivity contribution in [2.24, 2.45) is 0 Å². The minimum atomic E-state index is -0.519. The second-order valence-electron chi connectivity index (χ2n) is 10.2. The van der Waals surface area contributed by atoms with Crippen LogP contribution in [0.3, 0.4) is 0 Å². The highest BCUT2D eigenvalue weighted by atomic mass is 16.6. The Morgan fingerprint density at radius 3 is 1.35 bits per heavy atom. The molecule has 0 aromatic carbocycles. The molecular formula is C30H60O4. The summed E-state index contributed by atoms with van der Waals surface area (Å²) in [7, 11) is 0. The van der Waals surface area contributed by atoms with Gasteiger partial charge in [-0.3, -0.25) is 4.79 Å². The first-order valence-electron chi connectivity index (χ1n) is 15.1. The highest BCUT2D eigenvalue weighted by molar-refractivity contribution is 5.69. The van der Waals surface area contributed by atoms with E-state index in [1.54, 1.807) is 0 Å². The molecule has 0 saturated heterocycles. The molecule has 0 aliphatic rings. The average Bonchev–Trinajstić information content (AvgIpc) is 2.85. The molecule has 0 spiro atoms. The number of carbonyl (C=O) groups excluding carboxylic acids is 1. The summed E-state index contributed by atoms with van der Waals surface area (Å²) >= 11 is 0. The minimum absolute atomic E-state index is 0.170. The summed E-state index contributed by atoms with van der Waals surface area (Å²) in [4.78, 5) is 11.6. The quantitative estimate of drug-likeness (QED) is 0.0889. The van der Waals surface area contributed by atoms with Gasteiger partial charge in [-0.15, -0.1) is 0 Å². The highest BCUT2D eigenvalue weighted by Gasteiger charge is 2.13. The summed E-state index contributed by atoms with van der Waals surface area (Å²) in [5.74, 6) is -0.233. The summed E-state index contributed by atoms with van der Waals surface area (Å²) in [5, 5.41) is 9.31. The van der Waals surface area contributed by atoms with Gasteiger partial charge in [0.25, 0.3) is 0 Å². The van der Waals surface area contributed by atoms with E-state index in [2.05, 4.69) is 6.92 Å². The summed E-state index contributed by atoms with van der Waals surface area (Å²) in [6.07, 6.45) is 29.3. The van der Waals surface area contributed by atoms with E-state index in [0.29, 0.717) is 19.6 Å². The van der Waals surface area contributed by atoms with Crippen LogP contribution in [0.2, 0.25) is 0 Å². The molecule has 1 atom stereocenters. The van der Waals surface area contributed by atoms with Crippen LogP contribution in [0.25, 0.3) is 0 Å². The second kappa shape index (κ2) is 28.6. The van der Waals surface area contributed by atoms with Crippen molar-refractivity contribution in [1.82, 2.24) is 0 Å². The predicted octanol–water partition coefficient (Wildman–Crippen LogP) is 8.92. The third kappa shape index (κ3) is 26.0. The third-order valence-electron chi connectivity index (χ3n) is 6.68. The lowest BCUT2D eigenvalue weighted by atomic mass is 10.0. The first-order valence-corrected chi connectivity index (χ1v) is 15.1. The van der Waals surface area contributed by atoms with Gasteiger partial charge in [0.1, 0.15) is 6.10 Å². The van der Waals surface area contributed by atoms with Crippen LogP contribution in [0, 0.1) is 0 Å². The average molecular weight is 485 g/mol. The number of hydrogen-bond acceptors (Lipinski definition) is 4. The number of rotatable bonds is 28. The summed E-state index contributed by atoms with van der Waals surface area (Å²) in [5.41, 5.74) is 0. The van der Waals surface area contributed by atoms with E-state index in [1.165, 1.54) is 122 Å². The fourth-order valence-electron chi connectivity index (χ4n) is 4.36. The zero-order valence-electron chi connectivity index (χ0n) is 23.1. The van der Waals surface area contributed by atoms with Gasteiger partial charge in [0.15, 0.2) is 0 Å². The Morgan fingerprint density at radius 1 is 0.588 bits per heavy atom. The first-order chi connectivity index (χ1) is 16.7. The van der Waals surface area contributed by atoms with Crippen LogP contribution >= 0.6 is 0 Å². The van der Waals surface area contributed by atoms with Gasteiger partial charge in [0.2, 0.25) is 0 Å². The van der Waals surface area contributed by atoms with Crippen molar-refractivity contribution in [1.29, 1.82) is 0 Å². The van der Waals surface area contributed by atoms with E-state index >= 15 is 0 Å². The van der Waals surface area contributed by atoms with Gasteiger partial charge in [-0.2, -0.15) is 0 Å². The van der Waals surface area contributed by atoms with E-state index in [0.717, 1.165) is 19.3 Å². The molecule has 0 radical (unpaired) electrons. The minimum Gasteiger partial charge on any atom is -0.457 e. The van der Waals surface area contributed by atoms with E-state index in [4.69, 9.17) is 9.47 Å². The molecule has 34 heavy (non-hydrogen) atoms. The molecule has 1 N–H and O–H groups in total. The predicted molar refractivity (Wildman–Crippen MR) is 145 cm³/mol. The smallest absolute Gasteiger partial charge is 0.306 e. The van der Waals surface area contributed by atoms with Crippen LogP contribution in [-0.2, 0) is 14.3 Å². The zero-order valence-corrected chi connectivity index (χ0v) is 23.1. The maximum absolute atomic E-state index is 11.6. The lowest BCUT2D eigenvalue weighted by Crippen LogP contribution is -2.27. The monoisotopic (exact) mass is 484 g/mol. The molecule has 4 heteroatoms. The van der Waals surface area contributed by atoms with Crippen molar-refractivity contribution < 1.29 is 19.4 Å². The topological polar surface area (TPSA) is 55.8 Å². The van der Waals surface area contributed by atoms with Gasteiger partial charge in [0.05, 0.1) is 13.2 Å². The Hall–Kier alpha value is -0.610. The molecule has 0 fully saturated rings. The number of esters is 1. The van der Waals surface area contributed by atoms with Crippen molar-refractivity contribution in [3.8, 4) is 0 Å². The van der Waals surface area contributed by atoms with Gasteiger partial charge in [0, 0.05) is 13.0 Å². The van der Waals surface area contributed by atoms with Crippen LogP contribution in [0.4, 0.5) is 0 Å². The Kier molecular flexibility index (Phi) is 28.1. The highest BCUT2D eigenvalue weighted by Crippen LogP contribution is 2.15. The number of ether oxygens (including phenoxy) is 2. The molecule has 0 bridgehead atoms. The van der Waals surface area contributed by atoms with Gasteiger partial charge >= 0.3 is 5.97 Å². The van der Waals surface area contributed by atoms with Crippen molar-refractivity contribution in [3.63, 3.8) is 0 Å². The van der Waals surface area contributed by atoms with Gasteiger partial charge in [-0.05, 0) is 12.8 Å². The van der Waals surface area contributed by atoms with Gasteiger partial charge in [-0.25, -0.2) is 0 Å². The largest absolute Gasteiger partial charge is 0.457 e. The number of aliphatic hydroxyl groups is 1. The Bertz CT molecular complexity index is 399. The summed E-state index contributed by atoms with van der Waals surface area (Å²) < 4.78 is 10.8. The molecule has 1 unspecified atom stereocenters. The lowest BCUT2D eigenvalue weighted by molar-refractivity contribution is -0.154. The van der Waals surface area contributed by atoms with E-state index in [-0.39, 0.29) is 12.6 Å². The Morgan fingerprint density at radius 2 is 0.971 bits per heavy atom. The van der Waals surface area contributed by atoms with E-state index < -0.39 is 6.10 Å². The third-order valence-corrected chi connectivity index (χ3v) is 6.68. The van der Waals surface area contributed by atoms with Crippen LogP contribution in [0.1, 0.15) is 162 Å². The summed E-state index contributed by atoms with van der Waals surface area (Å²) in [6.45, 7) is 5.14. The molecule has 0 aliphatic carbocycles. The fraction of sp³-hybridized carbons (Fsp3) is 0.967. The van der Waals surface area contributed by atoms with E-state index in [9.17, 15) is 9.90 Å². The van der Waals surface area contributed by atoms with Crippen LogP contribution in [-0.4, -0.2) is 37.0 Å². The molecule has 0 aromatic heterocycles. The molecule has 0 rings (SSSR count). The van der Waals surface area contributed by atoms with Crippen LogP contribution in [0.5, 0.6) is 0 Å². The molecule has 0 saturated carbocycles. The van der Waals surface area contributed by atoms with Crippen molar-refractivity contribution in [2.75, 3.05) is 19.8 Å². The molecule has 0 amide bonds. The second-order valence-corrected chi connectivity index (χ2v) is 10.2. The molecule has 0 heterocycles. The summed E-state index contributed by atoms with van der Waals surface area (Å²) in [6, 6.07) is 0. The zero-order chi connectivity index (χ0) is 25.0. The number of hydrogen-bond donors (Lipinski definition) is 1. The number of carbonyl (C=O) groups is 1. The Labute approximate surface area is 213 Å². The normalized spacial score (nSPS) is 12.2. The van der Waals surface area contributed by atoms with Gasteiger partial charge in [-0.1, -0.05) is 142 Å². The van der Waals surface area contributed by atoms with E-state index in [1.807, 2.05) is 6.92 Å². The number of aliphatic hydroxyl groups excluding tert-OH is 1. The fourth-order valence-corrected chi connectivity index (χ4v) is 4.36. The molecule has 4 nitrogen and oxygen atoms in total. The maximum atomic E-state index is 11.6. The first kappa shape index (κ1) is 33.4. The Balaban J connectivity index is 3.22. The maximum Gasteiger partial charge on any atom is 0.306 e. The van der Waals surface area contributed by atoms with Crippen LogP contribution < -0.4 is 0 Å². The lowest BCUT2D eigenvalue weighted by Gasteiger charge is -2.15. The molecule has 0 aromatic rings. The SMILES string of the molecule is CCCCCCCCCCCCCCCCCCCCCCOCC(CO)OC(=O)CCCC.